The van der Waals surface area contributed by atoms with Gasteiger partial charge in [-0.3, -0.25) is 14.6 Å². The Kier molecular flexibility index (Phi) is 9.91. The van der Waals surface area contributed by atoms with E-state index in [4.69, 9.17) is 0 Å². The normalized spacial score (nSPS) is 11.4. The molecule has 0 fully saturated rings. The van der Waals surface area contributed by atoms with Crippen LogP contribution in [0.2, 0.25) is 0 Å². The molecule has 0 aliphatic rings. The van der Waals surface area contributed by atoms with Gasteiger partial charge in [-0.2, -0.15) is 0 Å². The zero-order valence-corrected chi connectivity index (χ0v) is 19.3. The maximum absolute atomic E-state index is 12.8. The minimum atomic E-state index is -4.07. The van der Waals surface area contributed by atoms with Crippen molar-refractivity contribution in [3.05, 3.63) is 30.5 Å². The number of fused-ring (bicyclic) bond motifs is 1. The van der Waals surface area contributed by atoms with E-state index in [1.807, 2.05) is 0 Å². The molecule has 0 radical (unpaired) electrons. The molecule has 0 bridgehead atoms. The summed E-state index contributed by atoms with van der Waals surface area (Å²) in [6.45, 7) is 3.57. The Morgan fingerprint density at radius 1 is 0.935 bits per heavy atom. The number of benzene rings is 1. The van der Waals surface area contributed by atoms with E-state index in [1.54, 1.807) is 12.1 Å². The molecule has 0 aliphatic carbocycles. The zero-order valence-electron chi connectivity index (χ0n) is 18.4. The number of hydrogen-bond acceptors (Lipinski definition) is 5. The Morgan fingerprint density at radius 3 is 2.23 bits per heavy atom. The minimum absolute atomic E-state index is 0.0855. The second kappa shape index (κ2) is 12.4. The van der Waals surface area contributed by atoms with Gasteiger partial charge in [0, 0.05) is 24.9 Å². The third-order valence-electron chi connectivity index (χ3n) is 5.09. The van der Waals surface area contributed by atoms with Gasteiger partial charge in [-0.15, -0.1) is 0 Å². The number of carbonyl (C=O) groups is 2. The summed E-state index contributed by atoms with van der Waals surface area (Å²) in [5.74, 6) is -0.784. The monoisotopic (exact) mass is 447 g/mol. The Hall–Kier alpha value is -2.48. The highest BCUT2D eigenvalue weighted by atomic mass is 32.2. The van der Waals surface area contributed by atoms with Gasteiger partial charge in [0.1, 0.15) is 4.90 Å². The quantitative estimate of drug-likeness (QED) is 0.424. The molecule has 2 rings (SSSR count). The van der Waals surface area contributed by atoms with E-state index >= 15 is 0 Å². The van der Waals surface area contributed by atoms with Gasteiger partial charge >= 0.3 is 0 Å². The smallest absolute Gasteiger partial charge is 0.266 e. The van der Waals surface area contributed by atoms with E-state index in [9.17, 15) is 18.0 Å². The largest absolute Gasteiger partial charge is 0.326 e. The number of anilines is 1. The number of hydrogen-bond donors (Lipinski definition) is 2. The Labute approximate surface area is 185 Å². The van der Waals surface area contributed by atoms with Crippen LogP contribution in [0.25, 0.3) is 10.9 Å². The average Bonchev–Trinajstić information content (AvgIpc) is 2.72. The lowest BCUT2D eigenvalue weighted by molar-refractivity contribution is -0.119. The number of unbranched alkanes of at least 4 members (excludes halogenated alkanes) is 8. The molecule has 1 aromatic heterocycles. The van der Waals surface area contributed by atoms with Gasteiger partial charge in [0.25, 0.3) is 10.0 Å². The fourth-order valence-corrected chi connectivity index (χ4v) is 4.69. The molecule has 2 N–H and O–H groups in total. The number of nitrogens with one attached hydrogen (secondary N) is 2. The highest BCUT2D eigenvalue weighted by molar-refractivity contribution is 7.90. The number of carbonyl (C=O) groups excluding carboxylic acids is 2. The first kappa shape index (κ1) is 24.8. The summed E-state index contributed by atoms with van der Waals surface area (Å²) in [6, 6.07) is 6.20. The van der Waals surface area contributed by atoms with Crippen LogP contribution in [0.1, 0.15) is 78.1 Å². The summed E-state index contributed by atoms with van der Waals surface area (Å²) in [4.78, 5) is 27.7. The second-order valence-corrected chi connectivity index (χ2v) is 9.45. The van der Waals surface area contributed by atoms with Crippen LogP contribution in [0.4, 0.5) is 5.69 Å². The number of aromatic nitrogens is 1. The third-order valence-corrected chi connectivity index (χ3v) is 6.49. The molecule has 0 unspecified atom stereocenters. The van der Waals surface area contributed by atoms with Gasteiger partial charge in [0.15, 0.2) is 0 Å². The molecule has 170 valence electrons. The van der Waals surface area contributed by atoms with E-state index in [2.05, 4.69) is 21.9 Å². The van der Waals surface area contributed by atoms with E-state index in [0.717, 1.165) is 19.3 Å². The van der Waals surface area contributed by atoms with Gasteiger partial charge < -0.3 is 5.32 Å². The molecule has 8 heteroatoms. The highest BCUT2D eigenvalue weighted by Crippen LogP contribution is 2.28. The van der Waals surface area contributed by atoms with E-state index in [-0.39, 0.29) is 22.7 Å². The SMILES string of the molecule is CCCCCCCCCCCC(=O)NS(=O)(=O)c1ccc(NC(C)=O)c2cccnc12. The number of amides is 2. The first-order valence-corrected chi connectivity index (χ1v) is 12.5. The van der Waals surface area contributed by atoms with Crippen LogP contribution >= 0.6 is 0 Å². The average molecular weight is 448 g/mol. The van der Waals surface area contributed by atoms with Crippen LogP contribution < -0.4 is 10.0 Å². The summed E-state index contributed by atoms with van der Waals surface area (Å²) in [6.07, 6.45) is 11.7. The number of pyridine rings is 1. The van der Waals surface area contributed by atoms with Gasteiger partial charge in [-0.05, 0) is 30.7 Å². The molecule has 0 atom stereocenters. The standard InChI is InChI=1S/C23H33N3O4S/c1-3-4-5-6-7-8-9-10-11-14-22(28)26-31(29,30)21-16-15-20(25-18(2)27)19-13-12-17-24-23(19)21/h12-13,15-17H,3-11,14H2,1-2H3,(H,25,27)(H,26,28). The van der Waals surface area contributed by atoms with Crippen LogP contribution in [-0.2, 0) is 19.6 Å². The van der Waals surface area contributed by atoms with Crippen molar-refractivity contribution in [3.63, 3.8) is 0 Å². The molecule has 0 spiro atoms. The van der Waals surface area contributed by atoms with Crippen molar-refractivity contribution in [3.8, 4) is 0 Å². The Balaban J connectivity index is 1.92. The summed E-state index contributed by atoms with van der Waals surface area (Å²) in [7, 11) is -4.07. The Bertz CT molecular complexity index is 989. The molecule has 1 heterocycles. The fourth-order valence-electron chi connectivity index (χ4n) is 3.51. The van der Waals surface area contributed by atoms with Gasteiger partial charge in [-0.1, -0.05) is 58.3 Å². The summed E-state index contributed by atoms with van der Waals surface area (Å²) in [5, 5.41) is 3.16. The number of nitrogens with zero attached hydrogens (tertiary/aromatic N) is 1. The van der Waals surface area contributed by atoms with Gasteiger partial charge in [-0.25, -0.2) is 13.1 Å². The van der Waals surface area contributed by atoms with Crippen molar-refractivity contribution >= 4 is 38.4 Å². The van der Waals surface area contributed by atoms with Crippen LogP contribution in [0.3, 0.4) is 0 Å². The molecular formula is C23H33N3O4S. The molecule has 1 aromatic carbocycles. The zero-order chi connectivity index (χ0) is 22.7. The maximum Gasteiger partial charge on any atom is 0.266 e. The number of rotatable bonds is 13. The first-order chi connectivity index (χ1) is 14.8. The van der Waals surface area contributed by atoms with Gasteiger partial charge in [0.05, 0.1) is 11.2 Å². The predicted octanol–water partition coefficient (Wildman–Crippen LogP) is 4.92. The highest BCUT2D eigenvalue weighted by Gasteiger charge is 2.22. The van der Waals surface area contributed by atoms with Crippen molar-refractivity contribution in [1.29, 1.82) is 0 Å². The van der Waals surface area contributed by atoms with Crippen molar-refractivity contribution < 1.29 is 18.0 Å². The minimum Gasteiger partial charge on any atom is -0.326 e. The van der Waals surface area contributed by atoms with Crippen LogP contribution in [0, 0.1) is 0 Å². The number of sulfonamides is 1. The van der Waals surface area contributed by atoms with Crippen LogP contribution in [0.5, 0.6) is 0 Å². The van der Waals surface area contributed by atoms with Crippen molar-refractivity contribution in [2.75, 3.05) is 5.32 Å². The topological polar surface area (TPSA) is 105 Å². The second-order valence-electron chi connectivity index (χ2n) is 7.80. The molecular weight excluding hydrogens is 414 g/mol. The first-order valence-electron chi connectivity index (χ1n) is 11.1. The van der Waals surface area contributed by atoms with E-state index in [0.29, 0.717) is 17.5 Å². The third kappa shape index (κ3) is 7.94. The molecule has 2 aromatic rings. The lowest BCUT2D eigenvalue weighted by Crippen LogP contribution is -2.30. The van der Waals surface area contributed by atoms with Crippen LogP contribution in [-0.4, -0.2) is 25.2 Å². The van der Waals surface area contributed by atoms with Crippen molar-refractivity contribution in [2.24, 2.45) is 0 Å². The van der Waals surface area contributed by atoms with E-state index in [1.165, 1.54) is 57.4 Å². The Morgan fingerprint density at radius 2 is 1.58 bits per heavy atom. The molecule has 0 saturated heterocycles. The van der Waals surface area contributed by atoms with Crippen LogP contribution in [0.15, 0.2) is 35.4 Å². The molecule has 2 amide bonds. The summed E-state index contributed by atoms with van der Waals surface area (Å²) < 4.78 is 27.7. The van der Waals surface area contributed by atoms with Crippen molar-refractivity contribution in [2.45, 2.75) is 83.0 Å². The molecule has 31 heavy (non-hydrogen) atoms. The van der Waals surface area contributed by atoms with E-state index < -0.39 is 15.9 Å². The molecule has 0 saturated carbocycles. The maximum atomic E-state index is 12.8. The lowest BCUT2D eigenvalue weighted by Gasteiger charge is -2.12. The molecule has 0 aliphatic heterocycles. The molecule has 7 nitrogen and oxygen atoms in total. The van der Waals surface area contributed by atoms with Gasteiger partial charge in [0.2, 0.25) is 11.8 Å². The van der Waals surface area contributed by atoms with Crippen molar-refractivity contribution in [1.82, 2.24) is 9.71 Å². The lowest BCUT2D eigenvalue weighted by atomic mass is 10.1. The predicted molar refractivity (Wildman–Crippen MR) is 123 cm³/mol. The fraction of sp³-hybridized carbons (Fsp3) is 0.522. The summed E-state index contributed by atoms with van der Waals surface area (Å²) >= 11 is 0. The summed E-state index contributed by atoms with van der Waals surface area (Å²) in [5.41, 5.74) is 0.674.